The van der Waals surface area contributed by atoms with Crippen molar-refractivity contribution in [2.24, 2.45) is 5.16 Å². The van der Waals surface area contributed by atoms with Crippen LogP contribution in [0.3, 0.4) is 0 Å². The van der Waals surface area contributed by atoms with Crippen molar-refractivity contribution in [2.75, 3.05) is 31.1 Å². The fourth-order valence-electron chi connectivity index (χ4n) is 3.68. The molecule has 1 aliphatic heterocycles. The average molecular weight is 410 g/mol. The summed E-state index contributed by atoms with van der Waals surface area (Å²) in [4.78, 5) is 3.19. The Morgan fingerprint density at radius 1 is 1.07 bits per heavy atom. The lowest BCUT2D eigenvalue weighted by Crippen LogP contribution is -2.48. The van der Waals surface area contributed by atoms with E-state index in [1.807, 2.05) is 0 Å². The normalized spacial score (nSPS) is 20.0. The number of hydrogen-bond acceptors (Lipinski definition) is 6. The molecule has 0 spiro atoms. The summed E-state index contributed by atoms with van der Waals surface area (Å²) < 4.78 is 40.9. The molecule has 144 valence electrons. The number of thiophene rings is 1. The van der Waals surface area contributed by atoms with Crippen molar-refractivity contribution >= 4 is 32.8 Å². The second-order valence-corrected chi connectivity index (χ2v) is 9.46. The van der Waals surface area contributed by atoms with Gasteiger partial charge in [-0.15, -0.1) is 11.3 Å². The monoisotopic (exact) mass is 409 g/mol. The van der Waals surface area contributed by atoms with Gasteiger partial charge in [0.05, 0.1) is 15.5 Å². The maximum Gasteiger partial charge on any atom is 0.244 e. The minimum Gasteiger partial charge on any atom is -0.411 e. The van der Waals surface area contributed by atoms with Gasteiger partial charge in [0.15, 0.2) is 0 Å². The molecule has 0 saturated carbocycles. The van der Waals surface area contributed by atoms with E-state index in [2.05, 4.69) is 10.1 Å². The van der Waals surface area contributed by atoms with Crippen LogP contribution in [0.15, 0.2) is 39.7 Å². The zero-order valence-corrected chi connectivity index (χ0v) is 16.3. The van der Waals surface area contributed by atoms with Crippen molar-refractivity contribution in [3.05, 3.63) is 45.9 Å². The number of sulfonamides is 1. The Bertz CT molecular complexity index is 962. The van der Waals surface area contributed by atoms with Crippen LogP contribution in [0.4, 0.5) is 10.1 Å². The molecule has 4 rings (SSSR count). The highest BCUT2D eigenvalue weighted by Gasteiger charge is 2.33. The van der Waals surface area contributed by atoms with Crippen LogP contribution in [0.25, 0.3) is 0 Å². The van der Waals surface area contributed by atoms with Crippen molar-refractivity contribution in [2.45, 2.75) is 24.2 Å². The second-order valence-electron chi connectivity index (χ2n) is 6.68. The molecule has 0 bridgehead atoms. The fourth-order valence-corrected chi connectivity index (χ4v) is 6.81. The van der Waals surface area contributed by atoms with E-state index in [-0.39, 0.29) is 5.82 Å². The number of piperazine rings is 1. The van der Waals surface area contributed by atoms with Gasteiger partial charge in [-0.25, -0.2) is 12.8 Å². The van der Waals surface area contributed by atoms with Gasteiger partial charge in [-0.2, -0.15) is 4.31 Å². The van der Waals surface area contributed by atoms with E-state index in [9.17, 15) is 12.8 Å². The Morgan fingerprint density at radius 3 is 2.44 bits per heavy atom. The molecule has 0 unspecified atom stereocenters. The molecule has 2 heterocycles. The molecular formula is C18H20FN3O3S2. The number of fused-ring (bicyclic) bond motifs is 1. The highest BCUT2D eigenvalue weighted by Crippen LogP contribution is 2.35. The first-order valence-corrected chi connectivity index (χ1v) is 11.1. The maximum absolute atomic E-state index is 13.2. The Balaban J connectivity index is 1.53. The van der Waals surface area contributed by atoms with Crippen molar-refractivity contribution < 1.29 is 18.0 Å². The lowest BCUT2D eigenvalue weighted by atomic mass is 9.98. The van der Waals surface area contributed by atoms with Gasteiger partial charge >= 0.3 is 0 Å². The van der Waals surface area contributed by atoms with Gasteiger partial charge in [-0.05, 0) is 49.1 Å². The third-order valence-corrected chi connectivity index (χ3v) is 8.31. The molecule has 1 aromatic heterocycles. The summed E-state index contributed by atoms with van der Waals surface area (Å²) in [6, 6.07) is 6.25. The van der Waals surface area contributed by atoms with Crippen LogP contribution in [0.5, 0.6) is 0 Å². The van der Waals surface area contributed by atoms with E-state index in [4.69, 9.17) is 5.21 Å². The molecule has 0 atom stereocenters. The van der Waals surface area contributed by atoms with Gasteiger partial charge < -0.3 is 10.1 Å². The molecule has 1 N–H and O–H groups in total. The molecule has 9 heteroatoms. The van der Waals surface area contributed by atoms with Crippen LogP contribution >= 0.6 is 11.3 Å². The Morgan fingerprint density at radius 2 is 1.78 bits per heavy atom. The molecular weight excluding hydrogens is 389 g/mol. The quantitative estimate of drug-likeness (QED) is 0.625. The highest BCUT2D eigenvalue weighted by molar-refractivity contribution is 7.89. The molecule has 1 fully saturated rings. The molecule has 1 aliphatic carbocycles. The van der Waals surface area contributed by atoms with Gasteiger partial charge in [-0.3, -0.25) is 0 Å². The van der Waals surface area contributed by atoms with Gasteiger partial charge in [0.2, 0.25) is 10.0 Å². The number of oxime groups is 1. The fraction of sp³-hybridized carbons (Fsp3) is 0.389. The Labute approximate surface area is 161 Å². The van der Waals surface area contributed by atoms with Crippen molar-refractivity contribution in [3.8, 4) is 0 Å². The second kappa shape index (κ2) is 7.21. The number of anilines is 1. The molecule has 27 heavy (non-hydrogen) atoms. The lowest BCUT2D eigenvalue weighted by Gasteiger charge is -2.35. The zero-order valence-electron chi connectivity index (χ0n) is 14.6. The van der Waals surface area contributed by atoms with Crippen LogP contribution < -0.4 is 4.90 Å². The van der Waals surface area contributed by atoms with E-state index < -0.39 is 10.0 Å². The molecule has 0 amide bonds. The summed E-state index contributed by atoms with van der Waals surface area (Å²) in [5.74, 6) is -0.284. The Kier molecular flexibility index (Phi) is 4.92. The first kappa shape index (κ1) is 18.4. The predicted octanol–water partition coefficient (Wildman–Crippen LogP) is 2.91. The largest absolute Gasteiger partial charge is 0.411 e. The number of hydrogen-bond donors (Lipinski definition) is 1. The maximum atomic E-state index is 13.2. The van der Waals surface area contributed by atoms with Crippen LogP contribution in [-0.4, -0.2) is 49.8 Å². The van der Waals surface area contributed by atoms with E-state index in [0.717, 1.165) is 22.5 Å². The number of benzene rings is 1. The van der Waals surface area contributed by atoms with Gasteiger partial charge in [0, 0.05) is 37.2 Å². The standard InChI is InChI=1S/C18H20FN3O3S2/c19-13-4-6-14(7-5-13)21-8-10-22(11-9-21)27(24,25)17-12-26-18-15(17)2-1-3-16(18)20-23/h4-7,12,23H,1-3,8-11H2/b20-16-. The lowest BCUT2D eigenvalue weighted by molar-refractivity contribution is 0.317. The predicted molar refractivity (Wildman–Crippen MR) is 103 cm³/mol. The van der Waals surface area contributed by atoms with Crippen molar-refractivity contribution in [1.82, 2.24) is 4.31 Å². The zero-order chi connectivity index (χ0) is 19.0. The van der Waals surface area contributed by atoms with Gasteiger partial charge in [0.25, 0.3) is 0 Å². The Hall–Kier alpha value is -1.97. The summed E-state index contributed by atoms with van der Waals surface area (Å²) in [5, 5.41) is 14.2. The van der Waals surface area contributed by atoms with Gasteiger partial charge in [-0.1, -0.05) is 5.16 Å². The van der Waals surface area contributed by atoms with Crippen molar-refractivity contribution in [1.29, 1.82) is 0 Å². The first-order valence-electron chi connectivity index (χ1n) is 8.83. The SMILES string of the molecule is O=S(=O)(c1csc2c1CCC/C2=N/O)N1CCN(c2ccc(F)cc2)CC1. The summed E-state index contributed by atoms with van der Waals surface area (Å²) in [6.45, 7) is 1.87. The third kappa shape index (κ3) is 3.35. The summed E-state index contributed by atoms with van der Waals surface area (Å²) in [6.07, 6.45) is 2.13. The molecule has 0 radical (unpaired) electrons. The van der Waals surface area contributed by atoms with Gasteiger partial charge in [0.1, 0.15) is 5.82 Å². The van der Waals surface area contributed by atoms with E-state index in [1.54, 1.807) is 17.5 Å². The molecule has 2 aromatic rings. The van der Waals surface area contributed by atoms with Crippen LogP contribution in [0, 0.1) is 5.82 Å². The van der Waals surface area contributed by atoms with Crippen LogP contribution in [0.2, 0.25) is 0 Å². The number of rotatable bonds is 3. The molecule has 1 saturated heterocycles. The summed E-state index contributed by atoms with van der Waals surface area (Å²) >= 11 is 1.33. The molecule has 2 aliphatic rings. The minimum atomic E-state index is -3.58. The van der Waals surface area contributed by atoms with Crippen molar-refractivity contribution in [3.63, 3.8) is 0 Å². The average Bonchev–Trinajstić information content (AvgIpc) is 3.14. The smallest absolute Gasteiger partial charge is 0.244 e. The third-order valence-electron chi connectivity index (χ3n) is 5.13. The van der Waals surface area contributed by atoms with E-state index in [1.165, 1.54) is 27.8 Å². The van der Waals surface area contributed by atoms with Crippen LogP contribution in [-0.2, 0) is 16.4 Å². The van der Waals surface area contributed by atoms with E-state index in [0.29, 0.717) is 49.6 Å². The molecule has 6 nitrogen and oxygen atoms in total. The number of halogens is 1. The summed E-state index contributed by atoms with van der Waals surface area (Å²) in [7, 11) is -3.58. The minimum absolute atomic E-state index is 0.284. The topological polar surface area (TPSA) is 73.2 Å². The first-order chi connectivity index (χ1) is 13.0. The van der Waals surface area contributed by atoms with Crippen LogP contribution in [0.1, 0.15) is 23.3 Å². The van der Waals surface area contributed by atoms with E-state index >= 15 is 0 Å². The number of nitrogens with zero attached hydrogens (tertiary/aromatic N) is 3. The molecule has 1 aromatic carbocycles. The highest BCUT2D eigenvalue weighted by atomic mass is 32.2. The summed E-state index contributed by atoms with van der Waals surface area (Å²) in [5.41, 5.74) is 2.24.